The number of halogens is 1. The van der Waals surface area contributed by atoms with E-state index in [1.54, 1.807) is 29.4 Å². The molecule has 3 heterocycles. The molecule has 2 aliphatic heterocycles. The summed E-state index contributed by atoms with van der Waals surface area (Å²) in [4.78, 5) is 31.7. The number of anilines is 1. The zero-order valence-corrected chi connectivity index (χ0v) is 19.2. The van der Waals surface area contributed by atoms with E-state index in [1.807, 2.05) is 30.3 Å². The Hall–Kier alpha value is -3.78. The Morgan fingerprint density at radius 2 is 1.77 bits per heavy atom. The Bertz CT molecular complexity index is 1220. The lowest BCUT2D eigenvalue weighted by atomic mass is 9.90. The lowest BCUT2D eigenvalue weighted by molar-refractivity contribution is -0.000948. The van der Waals surface area contributed by atoms with Crippen LogP contribution in [0.1, 0.15) is 34.3 Å². The number of carboxylic acid groups (broad SMARTS) is 1. The average Bonchev–Trinajstić information content (AvgIpc) is 3.21. The fourth-order valence-corrected chi connectivity index (χ4v) is 4.90. The highest BCUT2D eigenvalue weighted by molar-refractivity contribution is 5.92. The Labute approximate surface area is 202 Å². The van der Waals surface area contributed by atoms with Gasteiger partial charge < -0.3 is 9.84 Å². The molecule has 1 spiro atoms. The van der Waals surface area contributed by atoms with Gasteiger partial charge in [-0.1, -0.05) is 18.2 Å². The normalized spacial score (nSPS) is 17.5. The van der Waals surface area contributed by atoms with Gasteiger partial charge in [-0.2, -0.15) is 0 Å². The van der Waals surface area contributed by atoms with Gasteiger partial charge in [0.15, 0.2) is 0 Å². The van der Waals surface area contributed by atoms with E-state index in [2.05, 4.69) is 9.88 Å². The average molecular weight is 476 g/mol. The molecule has 35 heavy (non-hydrogen) atoms. The fourth-order valence-electron chi connectivity index (χ4n) is 4.90. The number of aromatic nitrogens is 1. The summed E-state index contributed by atoms with van der Waals surface area (Å²) in [5.41, 5.74) is 4.06. The standard InChI is InChI=1S/C27H26FN3O4/c28-16-19-1-6-24(20-7-11-29-12-8-20)22(15-19)17-30-13-9-27(10-14-30)18-31(26(34)35-27)23-4-2-21(3-5-23)25(32)33/h1-8,11-12,15H,9-10,13-14,16-18H2,(H,32,33). The number of likely N-dealkylation sites (tertiary alicyclic amines) is 1. The minimum atomic E-state index is -1.01. The first kappa shape index (κ1) is 23.0. The summed E-state index contributed by atoms with van der Waals surface area (Å²) in [5.74, 6) is -1.01. The van der Waals surface area contributed by atoms with E-state index in [9.17, 15) is 14.0 Å². The van der Waals surface area contributed by atoms with E-state index < -0.39 is 24.3 Å². The Balaban J connectivity index is 1.27. The van der Waals surface area contributed by atoms with Gasteiger partial charge in [-0.05, 0) is 58.7 Å². The number of nitrogens with zero attached hydrogens (tertiary/aromatic N) is 3. The van der Waals surface area contributed by atoms with Crippen molar-refractivity contribution in [2.75, 3.05) is 24.5 Å². The van der Waals surface area contributed by atoms with Gasteiger partial charge in [0, 0.05) is 50.6 Å². The minimum Gasteiger partial charge on any atom is -0.478 e. The van der Waals surface area contributed by atoms with Crippen LogP contribution >= 0.6 is 0 Å². The molecule has 2 aromatic carbocycles. The first-order valence-electron chi connectivity index (χ1n) is 11.6. The number of alkyl halides is 1. The highest BCUT2D eigenvalue weighted by atomic mass is 19.1. The Morgan fingerprint density at radius 1 is 1.06 bits per heavy atom. The van der Waals surface area contributed by atoms with Crippen LogP contribution in [-0.4, -0.2) is 52.3 Å². The number of benzene rings is 2. The molecule has 0 unspecified atom stereocenters. The molecule has 1 amide bonds. The molecule has 5 rings (SSSR count). The number of pyridine rings is 1. The molecule has 8 heteroatoms. The maximum Gasteiger partial charge on any atom is 0.415 e. The van der Waals surface area contributed by atoms with Crippen molar-refractivity contribution < 1.29 is 23.8 Å². The van der Waals surface area contributed by atoms with Crippen molar-refractivity contribution in [2.24, 2.45) is 0 Å². The summed E-state index contributed by atoms with van der Waals surface area (Å²) in [6.07, 6.45) is 4.48. The second kappa shape index (κ2) is 9.46. The molecule has 3 aromatic rings. The highest BCUT2D eigenvalue weighted by Gasteiger charge is 2.47. The van der Waals surface area contributed by atoms with Crippen LogP contribution in [0.5, 0.6) is 0 Å². The van der Waals surface area contributed by atoms with E-state index >= 15 is 0 Å². The Morgan fingerprint density at radius 3 is 2.43 bits per heavy atom. The number of aromatic carboxylic acids is 1. The first-order valence-corrected chi connectivity index (χ1v) is 11.6. The summed E-state index contributed by atoms with van der Waals surface area (Å²) in [5, 5.41) is 9.10. The smallest absolute Gasteiger partial charge is 0.415 e. The monoisotopic (exact) mass is 475 g/mol. The van der Waals surface area contributed by atoms with Crippen molar-refractivity contribution >= 4 is 17.7 Å². The van der Waals surface area contributed by atoms with Crippen molar-refractivity contribution in [2.45, 2.75) is 31.7 Å². The number of carboxylic acids is 1. The maximum absolute atomic E-state index is 13.4. The highest BCUT2D eigenvalue weighted by Crippen LogP contribution is 2.37. The molecule has 1 N–H and O–H groups in total. The van der Waals surface area contributed by atoms with E-state index in [-0.39, 0.29) is 5.56 Å². The number of carbonyl (C=O) groups is 2. The molecule has 2 aliphatic rings. The summed E-state index contributed by atoms with van der Waals surface area (Å²) in [6, 6.07) is 15.9. The second-order valence-corrected chi connectivity index (χ2v) is 9.13. The number of rotatable bonds is 6. The SMILES string of the molecule is O=C(O)c1ccc(N2CC3(CCN(Cc4cc(CF)ccc4-c4ccncc4)CC3)OC2=O)cc1. The van der Waals surface area contributed by atoms with Crippen molar-refractivity contribution in [1.82, 2.24) is 9.88 Å². The van der Waals surface area contributed by atoms with Crippen molar-refractivity contribution in [3.8, 4) is 11.1 Å². The number of carbonyl (C=O) groups excluding carboxylic acids is 1. The third-order valence-electron chi connectivity index (χ3n) is 6.87. The van der Waals surface area contributed by atoms with Gasteiger partial charge in [-0.3, -0.25) is 14.8 Å². The van der Waals surface area contributed by atoms with Gasteiger partial charge in [0.1, 0.15) is 12.3 Å². The second-order valence-electron chi connectivity index (χ2n) is 9.13. The van der Waals surface area contributed by atoms with Crippen molar-refractivity contribution in [1.29, 1.82) is 0 Å². The molecule has 0 saturated carbocycles. The Kier molecular flexibility index (Phi) is 6.21. The van der Waals surface area contributed by atoms with Crippen LogP contribution in [0, 0.1) is 0 Å². The molecule has 180 valence electrons. The number of ether oxygens (including phenoxy) is 1. The molecule has 2 saturated heterocycles. The fraction of sp³-hybridized carbons (Fsp3) is 0.296. The van der Waals surface area contributed by atoms with E-state index in [0.717, 1.165) is 29.8 Å². The van der Waals surface area contributed by atoms with Gasteiger partial charge in [0.2, 0.25) is 0 Å². The summed E-state index contributed by atoms with van der Waals surface area (Å²) >= 11 is 0. The molecule has 1 aromatic heterocycles. The predicted octanol–water partition coefficient (Wildman–Crippen LogP) is 4.91. The topological polar surface area (TPSA) is 83.0 Å². The zero-order valence-electron chi connectivity index (χ0n) is 19.2. The number of amides is 1. The summed E-state index contributed by atoms with van der Waals surface area (Å²) in [6.45, 7) is 2.09. The molecule has 0 atom stereocenters. The molecule has 2 fully saturated rings. The van der Waals surface area contributed by atoms with Crippen LogP contribution in [0.3, 0.4) is 0 Å². The number of hydrogen-bond donors (Lipinski definition) is 1. The zero-order chi connectivity index (χ0) is 24.4. The van der Waals surface area contributed by atoms with Gasteiger partial charge in [0.25, 0.3) is 0 Å². The van der Waals surface area contributed by atoms with Gasteiger partial charge in [-0.25, -0.2) is 14.0 Å². The molecular weight excluding hydrogens is 449 g/mol. The van der Waals surface area contributed by atoms with E-state index in [0.29, 0.717) is 37.2 Å². The largest absolute Gasteiger partial charge is 0.478 e. The lowest BCUT2D eigenvalue weighted by Gasteiger charge is -2.37. The number of hydrogen-bond acceptors (Lipinski definition) is 5. The third-order valence-corrected chi connectivity index (χ3v) is 6.87. The van der Waals surface area contributed by atoms with Crippen molar-refractivity contribution in [3.63, 3.8) is 0 Å². The van der Waals surface area contributed by atoms with Crippen LogP contribution < -0.4 is 4.90 Å². The molecule has 0 aliphatic carbocycles. The van der Waals surface area contributed by atoms with E-state index in [1.165, 1.54) is 12.1 Å². The lowest BCUT2D eigenvalue weighted by Crippen LogP contribution is -2.46. The van der Waals surface area contributed by atoms with Gasteiger partial charge in [0.05, 0.1) is 12.1 Å². The summed E-state index contributed by atoms with van der Waals surface area (Å²) in [7, 11) is 0. The van der Waals surface area contributed by atoms with Crippen LogP contribution in [0.4, 0.5) is 14.9 Å². The molecule has 0 bridgehead atoms. The van der Waals surface area contributed by atoms with Crippen LogP contribution in [0.15, 0.2) is 67.0 Å². The molecular formula is C27H26FN3O4. The van der Waals surface area contributed by atoms with Gasteiger partial charge in [-0.15, -0.1) is 0 Å². The molecule has 0 radical (unpaired) electrons. The quantitative estimate of drug-likeness (QED) is 0.546. The predicted molar refractivity (Wildman–Crippen MR) is 129 cm³/mol. The van der Waals surface area contributed by atoms with Crippen LogP contribution in [0.2, 0.25) is 0 Å². The first-order chi connectivity index (χ1) is 17.0. The third kappa shape index (κ3) is 4.74. The van der Waals surface area contributed by atoms with Gasteiger partial charge >= 0.3 is 12.1 Å². The number of piperidine rings is 1. The van der Waals surface area contributed by atoms with Crippen molar-refractivity contribution in [3.05, 3.63) is 83.7 Å². The van der Waals surface area contributed by atoms with Crippen LogP contribution in [0.25, 0.3) is 11.1 Å². The summed E-state index contributed by atoms with van der Waals surface area (Å²) < 4.78 is 19.2. The van der Waals surface area contributed by atoms with E-state index in [4.69, 9.17) is 9.84 Å². The van der Waals surface area contributed by atoms with Crippen LogP contribution in [-0.2, 0) is 18.0 Å². The molecule has 7 nitrogen and oxygen atoms in total. The minimum absolute atomic E-state index is 0.173. The maximum atomic E-state index is 13.4.